The minimum Gasteiger partial charge on any atom is -0.458 e. The summed E-state index contributed by atoms with van der Waals surface area (Å²) in [6.07, 6.45) is 0. The Morgan fingerprint density at radius 1 is 0.378 bits per heavy atom. The number of benzene rings is 7. The highest BCUT2D eigenvalue weighted by Crippen LogP contribution is 2.44. The summed E-state index contributed by atoms with van der Waals surface area (Å²) in [4.78, 5) is 2.44. The molecule has 0 radical (unpaired) electrons. The van der Waals surface area contributed by atoms with Gasteiger partial charge in [-0.1, -0.05) is 140 Å². The number of ether oxygens (including phenoxy) is 1. The van der Waals surface area contributed by atoms with Crippen molar-refractivity contribution in [1.82, 2.24) is 0 Å². The normalized spacial score (nSPS) is 12.5. The third-order valence-electron chi connectivity index (χ3n) is 9.14. The maximum atomic E-state index is 6.72. The Balaban J connectivity index is 1.32. The maximum absolute atomic E-state index is 6.72. The van der Waals surface area contributed by atoms with E-state index in [9.17, 15) is 0 Å². The molecule has 3 heteroatoms. The van der Waals surface area contributed by atoms with Gasteiger partial charge in [-0.25, -0.2) is 0 Å². The van der Waals surface area contributed by atoms with Crippen LogP contribution in [0.3, 0.4) is 0 Å². The number of hydrogen-bond donors (Lipinski definition) is 0. The van der Waals surface area contributed by atoms with Crippen molar-refractivity contribution in [2.24, 2.45) is 0 Å². The van der Waals surface area contributed by atoms with E-state index >= 15 is 0 Å². The SMILES string of the molecule is c1ccc(-c2ccc3c(c2)B2c4cc(-c5ccccc5)ccc4N(c4ccccc4-c4ccccc4)c4cccc(c42)O3)cc1. The van der Waals surface area contributed by atoms with E-state index in [2.05, 4.69) is 175 Å². The molecular weight excluding hydrogens is 545 g/mol. The van der Waals surface area contributed by atoms with Gasteiger partial charge in [0, 0.05) is 16.9 Å². The van der Waals surface area contributed by atoms with Gasteiger partial charge in [0.15, 0.2) is 0 Å². The lowest BCUT2D eigenvalue weighted by molar-refractivity contribution is 0.487. The summed E-state index contributed by atoms with van der Waals surface area (Å²) in [7, 11) is 0. The van der Waals surface area contributed by atoms with Gasteiger partial charge in [-0.2, -0.15) is 0 Å². The van der Waals surface area contributed by atoms with E-state index < -0.39 is 0 Å². The maximum Gasteiger partial charge on any atom is 0.256 e. The van der Waals surface area contributed by atoms with Gasteiger partial charge in [-0.15, -0.1) is 0 Å². The Labute approximate surface area is 263 Å². The lowest BCUT2D eigenvalue weighted by Crippen LogP contribution is -2.59. The molecule has 9 rings (SSSR count). The molecule has 0 saturated heterocycles. The molecule has 0 aliphatic carbocycles. The van der Waals surface area contributed by atoms with Crippen molar-refractivity contribution in [2.45, 2.75) is 0 Å². The molecule has 2 aliphatic rings. The third kappa shape index (κ3) is 4.20. The molecule has 0 amide bonds. The second-order valence-electron chi connectivity index (χ2n) is 11.7. The standard InChI is InChI=1S/C42H28BNO/c1-4-13-29(14-5-1)32-23-25-38-35(27-32)43-36-28-33(30-15-6-2-7-16-30)24-26-40(36)45-41-22-12-21-39(42(41)43)44(38)37-20-11-10-19-34(37)31-17-8-3-9-18-31/h1-28H. The monoisotopic (exact) mass is 573 g/mol. The van der Waals surface area contributed by atoms with E-state index in [0.717, 1.165) is 22.9 Å². The van der Waals surface area contributed by atoms with E-state index in [-0.39, 0.29) is 6.71 Å². The highest BCUT2D eigenvalue weighted by Gasteiger charge is 2.42. The smallest absolute Gasteiger partial charge is 0.256 e. The number of nitrogens with zero attached hydrogens (tertiary/aromatic N) is 1. The third-order valence-corrected chi connectivity index (χ3v) is 9.14. The largest absolute Gasteiger partial charge is 0.458 e. The fraction of sp³-hybridized carbons (Fsp3) is 0. The average molecular weight is 574 g/mol. The molecule has 45 heavy (non-hydrogen) atoms. The van der Waals surface area contributed by atoms with Gasteiger partial charge in [-0.05, 0) is 74.5 Å². The van der Waals surface area contributed by atoms with Crippen molar-refractivity contribution in [1.29, 1.82) is 0 Å². The molecule has 0 saturated carbocycles. The molecule has 0 atom stereocenters. The molecule has 0 aromatic heterocycles. The van der Waals surface area contributed by atoms with Gasteiger partial charge in [0.2, 0.25) is 0 Å². The van der Waals surface area contributed by atoms with Crippen LogP contribution < -0.4 is 26.0 Å². The van der Waals surface area contributed by atoms with Gasteiger partial charge in [-0.3, -0.25) is 0 Å². The second-order valence-corrected chi connectivity index (χ2v) is 11.7. The van der Waals surface area contributed by atoms with E-state index in [1.807, 2.05) is 0 Å². The molecule has 2 aliphatic heterocycles. The zero-order valence-corrected chi connectivity index (χ0v) is 24.6. The Hall–Kier alpha value is -5.80. The van der Waals surface area contributed by atoms with Crippen LogP contribution in [-0.2, 0) is 0 Å². The first kappa shape index (κ1) is 25.7. The predicted molar refractivity (Wildman–Crippen MR) is 189 cm³/mol. The molecule has 7 aromatic rings. The van der Waals surface area contributed by atoms with Crippen molar-refractivity contribution in [3.63, 3.8) is 0 Å². The van der Waals surface area contributed by atoms with Crippen molar-refractivity contribution in [3.8, 4) is 44.9 Å². The van der Waals surface area contributed by atoms with E-state index in [0.29, 0.717) is 0 Å². The summed E-state index contributed by atoms with van der Waals surface area (Å²) in [5, 5.41) is 0. The van der Waals surface area contributed by atoms with Crippen LogP contribution in [0.25, 0.3) is 33.4 Å². The molecule has 0 fully saturated rings. The van der Waals surface area contributed by atoms with Gasteiger partial charge in [0.25, 0.3) is 6.71 Å². The van der Waals surface area contributed by atoms with Crippen LogP contribution in [-0.4, -0.2) is 6.71 Å². The number of rotatable bonds is 4. The van der Waals surface area contributed by atoms with Crippen molar-refractivity contribution in [3.05, 3.63) is 170 Å². The van der Waals surface area contributed by atoms with Crippen LogP contribution in [0.2, 0.25) is 0 Å². The Morgan fingerprint density at radius 2 is 0.956 bits per heavy atom. The van der Waals surface area contributed by atoms with Gasteiger partial charge in [0.05, 0.1) is 5.69 Å². The average Bonchev–Trinajstić information content (AvgIpc) is 3.12. The first-order valence-electron chi connectivity index (χ1n) is 15.5. The predicted octanol–water partition coefficient (Wildman–Crippen LogP) is 9.09. The van der Waals surface area contributed by atoms with Crippen molar-refractivity contribution >= 4 is 40.2 Å². The summed E-state index contributed by atoms with van der Waals surface area (Å²) < 4.78 is 6.72. The fourth-order valence-electron chi connectivity index (χ4n) is 7.10. The van der Waals surface area contributed by atoms with Gasteiger partial charge >= 0.3 is 0 Å². The highest BCUT2D eigenvalue weighted by atomic mass is 16.5. The van der Waals surface area contributed by atoms with E-state index in [4.69, 9.17) is 4.74 Å². The number of hydrogen-bond acceptors (Lipinski definition) is 2. The van der Waals surface area contributed by atoms with Crippen LogP contribution in [0.1, 0.15) is 0 Å². The summed E-state index contributed by atoms with van der Waals surface area (Å²) >= 11 is 0. The molecule has 0 unspecified atom stereocenters. The zero-order chi connectivity index (χ0) is 29.7. The summed E-state index contributed by atoms with van der Waals surface area (Å²) in [5.41, 5.74) is 14.3. The van der Waals surface area contributed by atoms with E-state index in [1.165, 1.54) is 55.5 Å². The van der Waals surface area contributed by atoms with Crippen molar-refractivity contribution in [2.75, 3.05) is 4.90 Å². The minimum absolute atomic E-state index is 0.0161. The summed E-state index contributed by atoms with van der Waals surface area (Å²) in [6.45, 7) is 0.0161. The molecule has 2 heterocycles. The first-order chi connectivity index (χ1) is 22.3. The Bertz CT molecular complexity index is 2190. The second kappa shape index (κ2) is 10.4. The Morgan fingerprint density at radius 3 is 1.67 bits per heavy atom. The number of fused-ring (bicyclic) bond motifs is 4. The molecule has 0 N–H and O–H groups in total. The topological polar surface area (TPSA) is 12.5 Å². The van der Waals surface area contributed by atoms with Gasteiger partial charge < -0.3 is 9.64 Å². The molecule has 7 aromatic carbocycles. The number of para-hydroxylation sites is 1. The van der Waals surface area contributed by atoms with Crippen LogP contribution in [0.5, 0.6) is 11.5 Å². The van der Waals surface area contributed by atoms with E-state index in [1.54, 1.807) is 0 Å². The van der Waals surface area contributed by atoms with Crippen LogP contribution in [0.15, 0.2) is 170 Å². The summed E-state index contributed by atoms with van der Waals surface area (Å²) in [6, 6.07) is 60.8. The molecule has 0 bridgehead atoms. The van der Waals surface area contributed by atoms with Crippen LogP contribution >= 0.6 is 0 Å². The molecule has 210 valence electrons. The first-order valence-corrected chi connectivity index (χ1v) is 15.5. The lowest BCUT2D eigenvalue weighted by atomic mass is 9.34. The summed E-state index contributed by atoms with van der Waals surface area (Å²) in [5.74, 6) is 1.83. The Kier molecular flexibility index (Phi) is 5.95. The molecule has 0 spiro atoms. The molecular formula is C42H28BNO. The van der Waals surface area contributed by atoms with Crippen LogP contribution in [0, 0.1) is 0 Å². The molecule has 2 nitrogen and oxygen atoms in total. The highest BCUT2D eigenvalue weighted by molar-refractivity contribution is 6.99. The van der Waals surface area contributed by atoms with Crippen LogP contribution in [0.4, 0.5) is 17.1 Å². The quantitative estimate of drug-likeness (QED) is 0.195. The zero-order valence-electron chi connectivity index (χ0n) is 24.6. The minimum atomic E-state index is 0.0161. The number of anilines is 3. The fourth-order valence-corrected chi connectivity index (χ4v) is 7.10. The van der Waals surface area contributed by atoms with Crippen molar-refractivity contribution < 1.29 is 4.74 Å². The van der Waals surface area contributed by atoms with Gasteiger partial charge in [0.1, 0.15) is 11.5 Å². The lowest BCUT2D eigenvalue weighted by Gasteiger charge is -2.41.